The van der Waals surface area contributed by atoms with Crippen LogP contribution in [0.25, 0.3) is 11.1 Å². The number of hydrogen-bond donors (Lipinski definition) is 1. The highest BCUT2D eigenvalue weighted by molar-refractivity contribution is 9.10. The number of aromatic amines is 1. The van der Waals surface area contributed by atoms with E-state index >= 15 is 0 Å². The van der Waals surface area contributed by atoms with Crippen LogP contribution in [0, 0.1) is 11.3 Å². The number of nitrogens with zero attached hydrogens (tertiary/aromatic N) is 1. The molecule has 3 nitrogen and oxygen atoms in total. The van der Waals surface area contributed by atoms with Crippen molar-refractivity contribution in [2.45, 2.75) is 0 Å². The molecule has 0 saturated heterocycles. The van der Waals surface area contributed by atoms with Crippen LogP contribution in [0.4, 0.5) is 0 Å². The van der Waals surface area contributed by atoms with Gasteiger partial charge in [0.25, 0.3) is 5.56 Å². The van der Waals surface area contributed by atoms with Gasteiger partial charge in [-0.1, -0.05) is 18.2 Å². The van der Waals surface area contributed by atoms with E-state index in [0.29, 0.717) is 16.7 Å². The first-order valence-corrected chi connectivity index (χ1v) is 5.39. The average Bonchev–Trinajstić information content (AvgIpc) is 2.32. The molecule has 0 saturated carbocycles. The van der Waals surface area contributed by atoms with Crippen molar-refractivity contribution >= 4 is 15.9 Å². The zero-order valence-corrected chi connectivity index (χ0v) is 9.78. The summed E-state index contributed by atoms with van der Waals surface area (Å²) in [4.78, 5) is 14.3. The highest BCUT2D eigenvalue weighted by Gasteiger charge is 2.08. The fraction of sp³-hybridized carbons (Fsp3) is 0. The van der Waals surface area contributed by atoms with E-state index < -0.39 is 0 Å². The quantitative estimate of drug-likeness (QED) is 0.869. The van der Waals surface area contributed by atoms with Crippen LogP contribution in [-0.2, 0) is 0 Å². The molecule has 2 rings (SSSR count). The molecule has 0 amide bonds. The Morgan fingerprint density at radius 2 is 2.00 bits per heavy atom. The van der Waals surface area contributed by atoms with Gasteiger partial charge < -0.3 is 4.98 Å². The molecule has 1 aromatic carbocycles. The predicted octanol–water partition coefficient (Wildman–Crippen LogP) is 2.68. The van der Waals surface area contributed by atoms with Crippen molar-refractivity contribution in [2.24, 2.45) is 0 Å². The molecule has 0 atom stereocenters. The summed E-state index contributed by atoms with van der Waals surface area (Å²) in [6.07, 6.45) is 1.57. The lowest BCUT2D eigenvalue weighted by atomic mass is 10.0. The van der Waals surface area contributed by atoms with E-state index in [0.717, 1.165) is 4.47 Å². The Bertz CT molecular complexity index is 625. The molecule has 1 aromatic heterocycles. The molecular weight excluding hydrogens is 268 g/mol. The van der Waals surface area contributed by atoms with Gasteiger partial charge in [-0.3, -0.25) is 4.79 Å². The monoisotopic (exact) mass is 274 g/mol. The number of aromatic nitrogens is 1. The minimum atomic E-state index is -0.203. The molecule has 78 valence electrons. The Morgan fingerprint density at radius 1 is 1.25 bits per heavy atom. The number of rotatable bonds is 1. The summed E-state index contributed by atoms with van der Waals surface area (Å²) in [7, 11) is 0. The standard InChI is InChI=1S/C12H7BrN2O/c13-9-5-11(12(16)15-7-9)10-4-2-1-3-8(10)6-14/h1-5,7H,(H,15,16). The number of nitriles is 1. The van der Waals surface area contributed by atoms with Crippen molar-refractivity contribution in [3.8, 4) is 17.2 Å². The SMILES string of the molecule is N#Cc1ccccc1-c1cc(Br)c[nH]c1=O. The average molecular weight is 275 g/mol. The minimum Gasteiger partial charge on any atom is -0.327 e. The van der Waals surface area contributed by atoms with Crippen LogP contribution in [-0.4, -0.2) is 4.98 Å². The summed E-state index contributed by atoms with van der Waals surface area (Å²) >= 11 is 3.29. The zero-order chi connectivity index (χ0) is 11.5. The maximum Gasteiger partial charge on any atom is 0.255 e. The van der Waals surface area contributed by atoms with Crippen molar-refractivity contribution in [1.82, 2.24) is 4.98 Å². The van der Waals surface area contributed by atoms with E-state index in [9.17, 15) is 4.79 Å². The van der Waals surface area contributed by atoms with Crippen molar-refractivity contribution in [1.29, 1.82) is 5.26 Å². The second-order valence-corrected chi connectivity index (χ2v) is 4.13. The van der Waals surface area contributed by atoms with Crippen molar-refractivity contribution in [3.63, 3.8) is 0 Å². The van der Waals surface area contributed by atoms with E-state index in [-0.39, 0.29) is 5.56 Å². The van der Waals surface area contributed by atoms with Gasteiger partial charge in [0.2, 0.25) is 0 Å². The van der Waals surface area contributed by atoms with Crippen LogP contribution < -0.4 is 5.56 Å². The van der Waals surface area contributed by atoms with Crippen molar-refractivity contribution < 1.29 is 0 Å². The molecule has 16 heavy (non-hydrogen) atoms. The van der Waals surface area contributed by atoms with Gasteiger partial charge in [0.1, 0.15) is 0 Å². The largest absolute Gasteiger partial charge is 0.327 e. The predicted molar refractivity (Wildman–Crippen MR) is 64.9 cm³/mol. The number of H-pyrrole nitrogens is 1. The molecule has 1 N–H and O–H groups in total. The van der Waals surface area contributed by atoms with Crippen LogP contribution in [0.5, 0.6) is 0 Å². The minimum absolute atomic E-state index is 0.203. The molecule has 0 unspecified atom stereocenters. The maximum atomic E-state index is 11.7. The summed E-state index contributed by atoms with van der Waals surface area (Å²) in [5.41, 5.74) is 1.43. The number of pyridine rings is 1. The number of hydrogen-bond acceptors (Lipinski definition) is 2. The molecule has 0 aliphatic rings. The molecule has 2 aromatic rings. The van der Waals surface area contributed by atoms with Gasteiger partial charge in [-0.15, -0.1) is 0 Å². The Labute approximate surface area is 100 Å². The molecule has 0 bridgehead atoms. The van der Waals surface area contributed by atoms with Crippen LogP contribution in [0.2, 0.25) is 0 Å². The molecule has 0 spiro atoms. The van der Waals surface area contributed by atoms with Gasteiger partial charge in [-0.25, -0.2) is 0 Å². The Morgan fingerprint density at radius 3 is 2.75 bits per heavy atom. The lowest BCUT2D eigenvalue weighted by molar-refractivity contribution is 1.22. The van der Waals surface area contributed by atoms with Crippen molar-refractivity contribution in [2.75, 3.05) is 0 Å². The Balaban J connectivity index is 2.73. The first-order valence-electron chi connectivity index (χ1n) is 4.60. The van der Waals surface area contributed by atoms with Crippen molar-refractivity contribution in [3.05, 3.63) is 56.9 Å². The van der Waals surface area contributed by atoms with E-state index in [4.69, 9.17) is 5.26 Å². The van der Waals surface area contributed by atoms with Gasteiger partial charge in [0.15, 0.2) is 0 Å². The highest BCUT2D eigenvalue weighted by Crippen LogP contribution is 2.21. The first-order chi connectivity index (χ1) is 7.72. The lowest BCUT2D eigenvalue weighted by Gasteiger charge is -2.02. The number of halogens is 1. The molecule has 4 heteroatoms. The van der Waals surface area contributed by atoms with E-state index in [1.54, 1.807) is 36.5 Å². The van der Waals surface area contributed by atoms with Gasteiger partial charge in [0, 0.05) is 21.8 Å². The molecule has 0 aliphatic heterocycles. The van der Waals surface area contributed by atoms with Crippen LogP contribution in [0.15, 0.2) is 45.8 Å². The number of nitrogens with one attached hydrogen (secondary N) is 1. The van der Waals surface area contributed by atoms with E-state index in [1.165, 1.54) is 0 Å². The Kier molecular flexibility index (Phi) is 2.88. The fourth-order valence-corrected chi connectivity index (χ4v) is 1.82. The molecule has 0 radical (unpaired) electrons. The van der Waals surface area contributed by atoms with Gasteiger partial charge in [0.05, 0.1) is 11.6 Å². The molecule has 0 fully saturated rings. The van der Waals surface area contributed by atoms with Gasteiger partial charge in [-0.2, -0.15) is 5.26 Å². The smallest absolute Gasteiger partial charge is 0.255 e. The Hall–Kier alpha value is -1.86. The number of benzene rings is 1. The lowest BCUT2D eigenvalue weighted by Crippen LogP contribution is -2.08. The van der Waals surface area contributed by atoms with Crippen LogP contribution in [0.3, 0.4) is 0 Å². The fourth-order valence-electron chi connectivity index (χ4n) is 1.47. The van der Waals surface area contributed by atoms with Crippen LogP contribution in [0.1, 0.15) is 5.56 Å². The molecule has 1 heterocycles. The van der Waals surface area contributed by atoms with Gasteiger partial charge in [-0.05, 0) is 28.1 Å². The zero-order valence-electron chi connectivity index (χ0n) is 8.20. The third kappa shape index (κ3) is 1.90. The first kappa shape index (κ1) is 10.7. The van der Waals surface area contributed by atoms with Crippen LogP contribution >= 0.6 is 15.9 Å². The molecule has 0 aliphatic carbocycles. The second-order valence-electron chi connectivity index (χ2n) is 3.22. The second kappa shape index (κ2) is 4.33. The summed E-state index contributed by atoms with van der Waals surface area (Å²) in [5, 5.41) is 8.97. The van der Waals surface area contributed by atoms with E-state index in [2.05, 4.69) is 27.0 Å². The summed E-state index contributed by atoms with van der Waals surface area (Å²) < 4.78 is 0.773. The normalized spacial score (nSPS) is 9.75. The third-order valence-corrected chi connectivity index (χ3v) is 2.66. The third-order valence-electron chi connectivity index (χ3n) is 2.21. The summed E-state index contributed by atoms with van der Waals surface area (Å²) in [6, 6.07) is 10.8. The summed E-state index contributed by atoms with van der Waals surface area (Å²) in [5.74, 6) is 0. The molecular formula is C12H7BrN2O. The maximum absolute atomic E-state index is 11.7. The topological polar surface area (TPSA) is 56.6 Å². The summed E-state index contributed by atoms with van der Waals surface area (Å²) in [6.45, 7) is 0. The highest BCUT2D eigenvalue weighted by atomic mass is 79.9. The van der Waals surface area contributed by atoms with Gasteiger partial charge >= 0.3 is 0 Å². The van der Waals surface area contributed by atoms with E-state index in [1.807, 2.05) is 0 Å².